The number of hydrogen-bond donors (Lipinski definition) is 1. The Morgan fingerprint density at radius 3 is 2.25 bits per heavy atom. The predicted octanol–water partition coefficient (Wildman–Crippen LogP) is 2.04. The van der Waals surface area contributed by atoms with Crippen LogP contribution in [-0.4, -0.2) is 24.6 Å². The molecule has 0 saturated heterocycles. The van der Waals surface area contributed by atoms with Gasteiger partial charge in [0, 0.05) is 12.6 Å². The maximum Gasteiger partial charge on any atom is 0.0395 e. The molecule has 0 radical (unpaired) electrons. The fourth-order valence-electron chi connectivity index (χ4n) is 1.24. The molecule has 0 saturated carbocycles. The van der Waals surface area contributed by atoms with E-state index in [1.807, 2.05) is 7.05 Å². The van der Waals surface area contributed by atoms with Crippen LogP contribution in [0.15, 0.2) is 12.2 Å². The average molecular weight is 170 g/mol. The van der Waals surface area contributed by atoms with E-state index in [9.17, 15) is 0 Å². The Hall–Kier alpha value is -0.340. The van der Waals surface area contributed by atoms with Crippen LogP contribution >= 0.6 is 0 Å². The van der Waals surface area contributed by atoms with Gasteiger partial charge in [-0.1, -0.05) is 26.0 Å². The average Bonchev–Trinajstić information content (AvgIpc) is 2.00. The van der Waals surface area contributed by atoms with Crippen molar-refractivity contribution >= 4 is 0 Å². The molecule has 0 spiro atoms. The maximum absolute atomic E-state index is 3.20. The standard InChI is InChI=1S/C10H22N2/c1-6-7-10(4)12(11-5)8-9(2)3/h6-7,9-11H,8H2,1-5H3. The molecule has 1 unspecified atom stereocenters. The van der Waals surface area contributed by atoms with Crippen LogP contribution in [0.5, 0.6) is 0 Å². The highest BCUT2D eigenvalue weighted by Gasteiger charge is 2.09. The summed E-state index contributed by atoms with van der Waals surface area (Å²) in [5.41, 5.74) is 3.20. The number of hydrazine groups is 1. The maximum atomic E-state index is 3.20. The molecular weight excluding hydrogens is 148 g/mol. The fourth-order valence-corrected chi connectivity index (χ4v) is 1.24. The molecular formula is C10H22N2. The molecule has 72 valence electrons. The molecule has 0 aliphatic carbocycles. The van der Waals surface area contributed by atoms with Gasteiger partial charge in [-0.3, -0.25) is 5.43 Å². The van der Waals surface area contributed by atoms with E-state index >= 15 is 0 Å². The molecule has 0 amide bonds. The van der Waals surface area contributed by atoms with Crippen LogP contribution < -0.4 is 5.43 Å². The minimum absolute atomic E-state index is 0.474. The number of hydrogen-bond acceptors (Lipinski definition) is 2. The molecule has 0 aromatic rings. The fraction of sp³-hybridized carbons (Fsp3) is 0.800. The number of nitrogens with one attached hydrogen (secondary N) is 1. The molecule has 0 aromatic heterocycles. The van der Waals surface area contributed by atoms with Gasteiger partial charge in [-0.25, -0.2) is 5.01 Å². The normalized spacial score (nSPS) is 14.9. The van der Waals surface area contributed by atoms with Crippen molar-refractivity contribution in [2.45, 2.75) is 33.7 Å². The number of nitrogens with zero attached hydrogens (tertiary/aromatic N) is 1. The van der Waals surface area contributed by atoms with Crippen LogP contribution in [0, 0.1) is 5.92 Å². The summed E-state index contributed by atoms with van der Waals surface area (Å²) in [6.45, 7) is 9.79. The number of allylic oxidation sites excluding steroid dienone is 1. The van der Waals surface area contributed by atoms with E-state index in [-0.39, 0.29) is 0 Å². The summed E-state index contributed by atoms with van der Waals surface area (Å²) in [6.07, 6.45) is 4.29. The van der Waals surface area contributed by atoms with E-state index < -0.39 is 0 Å². The summed E-state index contributed by atoms with van der Waals surface area (Å²) in [6, 6.07) is 0.474. The van der Waals surface area contributed by atoms with Crippen molar-refractivity contribution in [1.82, 2.24) is 10.4 Å². The molecule has 0 fully saturated rings. The first-order valence-corrected chi connectivity index (χ1v) is 4.68. The SMILES string of the molecule is CC=CC(C)N(CC(C)C)NC. The van der Waals surface area contributed by atoms with Gasteiger partial charge in [-0.05, 0) is 26.8 Å². The Kier molecular flexibility index (Phi) is 6.03. The molecule has 1 atom stereocenters. The second kappa shape index (κ2) is 6.21. The Morgan fingerprint density at radius 2 is 1.92 bits per heavy atom. The minimum atomic E-state index is 0.474. The van der Waals surface area contributed by atoms with Crippen molar-refractivity contribution in [3.63, 3.8) is 0 Å². The van der Waals surface area contributed by atoms with Crippen molar-refractivity contribution in [3.8, 4) is 0 Å². The van der Waals surface area contributed by atoms with Gasteiger partial charge in [0.25, 0.3) is 0 Å². The van der Waals surface area contributed by atoms with Crippen LogP contribution in [0.2, 0.25) is 0 Å². The lowest BCUT2D eigenvalue weighted by Crippen LogP contribution is -2.43. The largest absolute Gasteiger partial charge is 0.258 e. The third-order valence-electron chi connectivity index (χ3n) is 1.81. The van der Waals surface area contributed by atoms with Crippen molar-refractivity contribution < 1.29 is 0 Å². The van der Waals surface area contributed by atoms with Crippen LogP contribution in [0.1, 0.15) is 27.7 Å². The van der Waals surface area contributed by atoms with Gasteiger partial charge in [-0.15, -0.1) is 0 Å². The van der Waals surface area contributed by atoms with Crippen molar-refractivity contribution in [3.05, 3.63) is 12.2 Å². The van der Waals surface area contributed by atoms with E-state index in [1.165, 1.54) is 0 Å². The van der Waals surface area contributed by atoms with Crippen molar-refractivity contribution in [2.24, 2.45) is 5.92 Å². The molecule has 0 aliphatic rings. The van der Waals surface area contributed by atoms with Crippen LogP contribution in [-0.2, 0) is 0 Å². The smallest absolute Gasteiger partial charge is 0.0395 e. The van der Waals surface area contributed by atoms with E-state index in [0.29, 0.717) is 12.0 Å². The van der Waals surface area contributed by atoms with Gasteiger partial charge in [0.1, 0.15) is 0 Å². The van der Waals surface area contributed by atoms with Crippen molar-refractivity contribution in [1.29, 1.82) is 0 Å². The minimum Gasteiger partial charge on any atom is -0.258 e. The van der Waals surface area contributed by atoms with E-state index in [2.05, 4.69) is 50.3 Å². The summed E-state index contributed by atoms with van der Waals surface area (Å²) >= 11 is 0. The first-order valence-electron chi connectivity index (χ1n) is 4.68. The third-order valence-corrected chi connectivity index (χ3v) is 1.81. The molecule has 0 heterocycles. The van der Waals surface area contributed by atoms with Gasteiger partial charge in [0.15, 0.2) is 0 Å². The Bertz CT molecular complexity index is 130. The zero-order valence-corrected chi connectivity index (χ0v) is 8.96. The summed E-state index contributed by atoms with van der Waals surface area (Å²) in [5.74, 6) is 0.699. The molecule has 0 aromatic carbocycles. The first kappa shape index (κ1) is 11.7. The summed E-state index contributed by atoms with van der Waals surface area (Å²) in [5, 5.41) is 2.24. The highest BCUT2D eigenvalue weighted by Crippen LogP contribution is 2.01. The van der Waals surface area contributed by atoms with E-state index in [1.54, 1.807) is 0 Å². The first-order chi connectivity index (χ1) is 5.61. The molecule has 0 bridgehead atoms. The van der Waals surface area contributed by atoms with Gasteiger partial charge in [0.2, 0.25) is 0 Å². The molecule has 0 rings (SSSR count). The van der Waals surface area contributed by atoms with E-state index in [4.69, 9.17) is 0 Å². The zero-order chi connectivity index (χ0) is 9.56. The lowest BCUT2D eigenvalue weighted by atomic mass is 10.2. The van der Waals surface area contributed by atoms with Crippen LogP contribution in [0.25, 0.3) is 0 Å². The predicted molar refractivity (Wildman–Crippen MR) is 54.9 cm³/mol. The highest BCUT2D eigenvalue weighted by molar-refractivity contribution is 4.88. The Balaban J connectivity index is 3.95. The Labute approximate surface area is 76.6 Å². The molecule has 1 N–H and O–H groups in total. The Morgan fingerprint density at radius 1 is 1.33 bits per heavy atom. The monoisotopic (exact) mass is 170 g/mol. The topological polar surface area (TPSA) is 15.3 Å². The van der Waals surface area contributed by atoms with Gasteiger partial charge in [-0.2, -0.15) is 0 Å². The molecule has 0 aliphatic heterocycles. The van der Waals surface area contributed by atoms with E-state index in [0.717, 1.165) is 6.54 Å². The third kappa shape index (κ3) is 4.52. The van der Waals surface area contributed by atoms with Crippen LogP contribution in [0.3, 0.4) is 0 Å². The second-order valence-corrected chi connectivity index (χ2v) is 3.54. The lowest BCUT2D eigenvalue weighted by molar-refractivity contribution is 0.156. The van der Waals surface area contributed by atoms with Crippen molar-refractivity contribution in [2.75, 3.05) is 13.6 Å². The van der Waals surface area contributed by atoms with Gasteiger partial charge >= 0.3 is 0 Å². The molecule has 2 nitrogen and oxygen atoms in total. The summed E-state index contributed by atoms with van der Waals surface area (Å²) in [7, 11) is 1.97. The highest BCUT2D eigenvalue weighted by atomic mass is 15.5. The summed E-state index contributed by atoms with van der Waals surface area (Å²) in [4.78, 5) is 0. The van der Waals surface area contributed by atoms with Crippen LogP contribution in [0.4, 0.5) is 0 Å². The zero-order valence-electron chi connectivity index (χ0n) is 8.96. The molecule has 2 heteroatoms. The number of rotatable bonds is 5. The van der Waals surface area contributed by atoms with Gasteiger partial charge < -0.3 is 0 Å². The molecule has 12 heavy (non-hydrogen) atoms. The lowest BCUT2D eigenvalue weighted by Gasteiger charge is -2.27. The quantitative estimate of drug-likeness (QED) is 0.502. The summed E-state index contributed by atoms with van der Waals surface area (Å²) < 4.78 is 0. The van der Waals surface area contributed by atoms with Gasteiger partial charge in [0.05, 0.1) is 0 Å². The second-order valence-electron chi connectivity index (χ2n) is 3.54.